The summed E-state index contributed by atoms with van der Waals surface area (Å²) >= 11 is 0. The zero-order valence-corrected chi connectivity index (χ0v) is 13.3. The van der Waals surface area contributed by atoms with Crippen molar-refractivity contribution < 1.29 is 9.53 Å². The Bertz CT molecular complexity index is 837. The molecule has 122 valence electrons. The van der Waals surface area contributed by atoms with Gasteiger partial charge in [0.15, 0.2) is 0 Å². The highest BCUT2D eigenvalue weighted by molar-refractivity contribution is 5.92. The third-order valence-electron chi connectivity index (χ3n) is 3.48. The minimum Gasteiger partial charge on any atom is -0.489 e. The van der Waals surface area contributed by atoms with Crippen molar-refractivity contribution in [3.8, 4) is 5.75 Å². The first-order valence-corrected chi connectivity index (χ1v) is 7.71. The SMILES string of the molecule is CCNC(=O)Nc1cc2cccc(COc3ccncc3)c2cn1. The van der Waals surface area contributed by atoms with Gasteiger partial charge in [-0.15, -0.1) is 0 Å². The lowest BCUT2D eigenvalue weighted by Crippen LogP contribution is -2.28. The smallest absolute Gasteiger partial charge is 0.320 e. The van der Waals surface area contributed by atoms with Crippen molar-refractivity contribution in [3.05, 3.63) is 60.6 Å². The third-order valence-corrected chi connectivity index (χ3v) is 3.48. The van der Waals surface area contributed by atoms with Crippen LogP contribution in [-0.2, 0) is 6.61 Å². The second-order valence-electron chi connectivity index (χ2n) is 5.16. The molecule has 0 aliphatic heterocycles. The molecule has 6 nitrogen and oxygen atoms in total. The monoisotopic (exact) mass is 322 g/mol. The second kappa shape index (κ2) is 7.41. The van der Waals surface area contributed by atoms with Crippen molar-refractivity contribution in [2.24, 2.45) is 0 Å². The normalized spacial score (nSPS) is 10.4. The van der Waals surface area contributed by atoms with Gasteiger partial charge in [0.1, 0.15) is 18.2 Å². The largest absolute Gasteiger partial charge is 0.489 e. The maximum absolute atomic E-state index is 11.6. The molecule has 2 N–H and O–H groups in total. The Balaban J connectivity index is 1.78. The molecule has 24 heavy (non-hydrogen) atoms. The van der Waals surface area contributed by atoms with E-state index in [2.05, 4.69) is 20.6 Å². The predicted molar refractivity (Wildman–Crippen MR) is 93.0 cm³/mol. The van der Waals surface area contributed by atoms with Gasteiger partial charge >= 0.3 is 6.03 Å². The highest BCUT2D eigenvalue weighted by Crippen LogP contribution is 2.22. The summed E-state index contributed by atoms with van der Waals surface area (Å²) < 4.78 is 5.78. The van der Waals surface area contributed by atoms with Crippen LogP contribution in [0.2, 0.25) is 0 Å². The summed E-state index contributed by atoms with van der Waals surface area (Å²) in [6, 6.07) is 11.2. The number of fused-ring (bicyclic) bond motifs is 1. The van der Waals surface area contributed by atoms with E-state index in [1.165, 1.54) is 0 Å². The molecule has 0 unspecified atom stereocenters. The number of ether oxygens (including phenoxy) is 1. The van der Waals surface area contributed by atoms with E-state index in [4.69, 9.17) is 4.74 Å². The topological polar surface area (TPSA) is 76.1 Å². The molecule has 2 amide bonds. The lowest BCUT2D eigenvalue weighted by atomic mass is 10.1. The highest BCUT2D eigenvalue weighted by Gasteiger charge is 2.06. The number of hydrogen-bond acceptors (Lipinski definition) is 4. The second-order valence-corrected chi connectivity index (χ2v) is 5.16. The third kappa shape index (κ3) is 3.78. The van der Waals surface area contributed by atoms with Gasteiger partial charge in [0, 0.05) is 30.5 Å². The fraction of sp³-hybridized carbons (Fsp3) is 0.167. The zero-order valence-electron chi connectivity index (χ0n) is 13.3. The van der Waals surface area contributed by atoms with E-state index in [1.54, 1.807) is 18.6 Å². The molecule has 3 rings (SSSR count). The average Bonchev–Trinajstić information content (AvgIpc) is 2.60. The number of pyridine rings is 2. The first kappa shape index (κ1) is 15.7. The number of amides is 2. The number of carbonyl (C=O) groups is 1. The zero-order chi connectivity index (χ0) is 16.8. The van der Waals surface area contributed by atoms with Crippen molar-refractivity contribution in [1.29, 1.82) is 0 Å². The lowest BCUT2D eigenvalue weighted by molar-refractivity contribution is 0.252. The van der Waals surface area contributed by atoms with Gasteiger partial charge in [-0.1, -0.05) is 18.2 Å². The molecule has 2 aromatic heterocycles. The van der Waals surface area contributed by atoms with Gasteiger partial charge in [0.2, 0.25) is 0 Å². The number of urea groups is 1. The first-order chi connectivity index (χ1) is 11.8. The summed E-state index contributed by atoms with van der Waals surface area (Å²) in [7, 11) is 0. The molecular weight excluding hydrogens is 304 g/mol. The van der Waals surface area contributed by atoms with Crippen LogP contribution < -0.4 is 15.4 Å². The Labute approximate surface area is 139 Å². The summed E-state index contributed by atoms with van der Waals surface area (Å²) in [5, 5.41) is 7.38. The van der Waals surface area contributed by atoms with Gasteiger partial charge in [-0.25, -0.2) is 9.78 Å². The van der Waals surface area contributed by atoms with Crippen LogP contribution in [0.5, 0.6) is 5.75 Å². The number of carbonyl (C=O) groups excluding carboxylic acids is 1. The van der Waals surface area contributed by atoms with Crippen LogP contribution in [0.1, 0.15) is 12.5 Å². The van der Waals surface area contributed by atoms with Gasteiger partial charge in [-0.2, -0.15) is 0 Å². The molecule has 0 aliphatic carbocycles. The molecule has 0 radical (unpaired) electrons. The Hall–Kier alpha value is -3.15. The minimum absolute atomic E-state index is 0.262. The van der Waals surface area contributed by atoms with E-state index in [1.807, 2.05) is 43.3 Å². The molecule has 0 aliphatic rings. The van der Waals surface area contributed by atoms with Crippen molar-refractivity contribution in [1.82, 2.24) is 15.3 Å². The molecule has 2 heterocycles. The number of nitrogens with zero attached hydrogens (tertiary/aromatic N) is 2. The average molecular weight is 322 g/mol. The summed E-state index contributed by atoms with van der Waals surface area (Å²) in [6.07, 6.45) is 5.14. The first-order valence-electron chi connectivity index (χ1n) is 7.71. The van der Waals surface area contributed by atoms with Crippen LogP contribution in [0.15, 0.2) is 55.0 Å². The van der Waals surface area contributed by atoms with Crippen LogP contribution >= 0.6 is 0 Å². The van der Waals surface area contributed by atoms with Crippen molar-refractivity contribution in [3.63, 3.8) is 0 Å². The predicted octanol–water partition coefficient (Wildman–Crippen LogP) is 3.35. The lowest BCUT2D eigenvalue weighted by Gasteiger charge is -2.10. The van der Waals surface area contributed by atoms with Crippen molar-refractivity contribution in [2.45, 2.75) is 13.5 Å². The van der Waals surface area contributed by atoms with Crippen LogP contribution in [0.25, 0.3) is 10.8 Å². The Morgan fingerprint density at radius 3 is 2.83 bits per heavy atom. The maximum atomic E-state index is 11.6. The van der Waals surface area contributed by atoms with E-state index >= 15 is 0 Å². The Morgan fingerprint density at radius 1 is 1.21 bits per heavy atom. The van der Waals surface area contributed by atoms with Gasteiger partial charge in [-0.3, -0.25) is 10.3 Å². The van der Waals surface area contributed by atoms with Crippen LogP contribution in [0, 0.1) is 0 Å². The van der Waals surface area contributed by atoms with Crippen LogP contribution in [0.4, 0.5) is 10.6 Å². The highest BCUT2D eigenvalue weighted by atomic mass is 16.5. The molecule has 3 aromatic rings. The van der Waals surface area contributed by atoms with Gasteiger partial charge in [0.05, 0.1) is 0 Å². The summed E-state index contributed by atoms with van der Waals surface area (Å²) in [6.45, 7) is 2.87. The summed E-state index contributed by atoms with van der Waals surface area (Å²) in [5.74, 6) is 1.28. The number of benzene rings is 1. The molecule has 0 bridgehead atoms. The van der Waals surface area contributed by atoms with Gasteiger partial charge in [0.25, 0.3) is 0 Å². The molecule has 0 saturated carbocycles. The van der Waals surface area contributed by atoms with E-state index in [0.717, 1.165) is 22.1 Å². The molecule has 0 fully saturated rings. The van der Waals surface area contributed by atoms with E-state index in [9.17, 15) is 4.79 Å². The number of nitrogens with one attached hydrogen (secondary N) is 2. The van der Waals surface area contributed by atoms with Crippen molar-refractivity contribution >= 4 is 22.6 Å². The molecule has 0 atom stereocenters. The number of rotatable bonds is 5. The molecule has 0 spiro atoms. The van der Waals surface area contributed by atoms with Gasteiger partial charge < -0.3 is 10.1 Å². The van der Waals surface area contributed by atoms with Crippen LogP contribution in [-0.4, -0.2) is 22.5 Å². The van der Waals surface area contributed by atoms with E-state index in [-0.39, 0.29) is 6.03 Å². The van der Waals surface area contributed by atoms with Gasteiger partial charge in [-0.05, 0) is 36.1 Å². The minimum atomic E-state index is -0.262. The molecular formula is C18H18N4O2. The molecule has 1 aromatic carbocycles. The number of aromatic nitrogens is 2. The number of anilines is 1. The van der Waals surface area contributed by atoms with Crippen LogP contribution in [0.3, 0.4) is 0 Å². The molecule has 6 heteroatoms. The summed E-state index contributed by atoms with van der Waals surface area (Å²) in [4.78, 5) is 19.9. The summed E-state index contributed by atoms with van der Waals surface area (Å²) in [5.41, 5.74) is 1.03. The van der Waals surface area contributed by atoms with E-state index < -0.39 is 0 Å². The Morgan fingerprint density at radius 2 is 2.04 bits per heavy atom. The van der Waals surface area contributed by atoms with Crippen molar-refractivity contribution in [2.75, 3.05) is 11.9 Å². The standard InChI is InChI=1S/C18H18N4O2/c1-2-20-18(23)22-17-10-13-4-3-5-14(16(13)11-21-17)12-24-15-6-8-19-9-7-15/h3-11H,2,12H2,1H3,(H2,20,21,22,23). The molecule has 0 saturated heterocycles. The van der Waals surface area contributed by atoms with E-state index in [0.29, 0.717) is 19.0 Å². The number of hydrogen-bond donors (Lipinski definition) is 2. The quantitative estimate of drug-likeness (QED) is 0.755. The fourth-order valence-electron chi connectivity index (χ4n) is 2.35. The fourth-order valence-corrected chi connectivity index (χ4v) is 2.35. The maximum Gasteiger partial charge on any atom is 0.320 e. The Kier molecular flexibility index (Phi) is 4.86.